The van der Waals surface area contributed by atoms with E-state index in [0.29, 0.717) is 0 Å². The molecule has 2 saturated carbocycles. The van der Waals surface area contributed by atoms with Crippen LogP contribution in [0.15, 0.2) is 12.2 Å². The Bertz CT molecular complexity index is 208. The summed E-state index contributed by atoms with van der Waals surface area (Å²) >= 11 is 0. The quantitative estimate of drug-likeness (QED) is 0.445. The van der Waals surface area contributed by atoms with Crippen molar-refractivity contribution in [2.75, 3.05) is 0 Å². The summed E-state index contributed by atoms with van der Waals surface area (Å²) in [5.74, 6) is 2.87. The van der Waals surface area contributed by atoms with Crippen LogP contribution in [-0.2, 0) is 0 Å². The Balaban J connectivity index is 1.70. The van der Waals surface area contributed by atoms with Crippen molar-refractivity contribution in [3.05, 3.63) is 12.2 Å². The van der Waals surface area contributed by atoms with Gasteiger partial charge in [0.05, 0.1) is 0 Å². The van der Waals surface area contributed by atoms with Gasteiger partial charge in [-0.15, -0.1) is 0 Å². The van der Waals surface area contributed by atoms with E-state index in [-0.39, 0.29) is 0 Å². The second kappa shape index (κ2) is 6.47. The van der Waals surface area contributed by atoms with Crippen LogP contribution >= 0.6 is 0 Å². The summed E-state index contributed by atoms with van der Waals surface area (Å²) in [6, 6.07) is 0. The van der Waals surface area contributed by atoms with Crippen LogP contribution in [0.3, 0.4) is 0 Å². The Morgan fingerprint density at radius 3 is 2.25 bits per heavy atom. The highest BCUT2D eigenvalue weighted by Gasteiger charge is 2.20. The molecule has 0 aromatic rings. The summed E-state index contributed by atoms with van der Waals surface area (Å²) in [5.41, 5.74) is 0. The second-order valence-electron chi connectivity index (χ2n) is 6.09. The fourth-order valence-electron chi connectivity index (χ4n) is 3.51. The standard InChI is InChI=1S/C16H28/c1-14-8-6-12-16(14)13-7-11-15-9-4-2-3-5-10-15/h7,13-16H,2-6,8-12H2,1H3/b13-7+. The average molecular weight is 220 g/mol. The Morgan fingerprint density at radius 2 is 1.62 bits per heavy atom. The van der Waals surface area contributed by atoms with E-state index in [1.54, 1.807) is 0 Å². The predicted octanol–water partition coefficient (Wildman–Crippen LogP) is 5.34. The van der Waals surface area contributed by atoms with Gasteiger partial charge in [0.1, 0.15) is 0 Å². The maximum Gasteiger partial charge on any atom is -0.0208 e. The largest absolute Gasteiger partial charge is 0.0880 e. The van der Waals surface area contributed by atoms with Gasteiger partial charge in [0.2, 0.25) is 0 Å². The van der Waals surface area contributed by atoms with Gasteiger partial charge in [-0.2, -0.15) is 0 Å². The molecule has 2 aliphatic rings. The topological polar surface area (TPSA) is 0 Å². The van der Waals surface area contributed by atoms with E-state index >= 15 is 0 Å². The minimum Gasteiger partial charge on any atom is -0.0880 e. The molecular weight excluding hydrogens is 192 g/mol. The van der Waals surface area contributed by atoms with Crippen molar-refractivity contribution < 1.29 is 0 Å². The molecule has 2 aliphatic carbocycles. The van der Waals surface area contributed by atoms with Crippen LogP contribution in [0.2, 0.25) is 0 Å². The van der Waals surface area contributed by atoms with E-state index in [9.17, 15) is 0 Å². The van der Waals surface area contributed by atoms with Gasteiger partial charge in [-0.3, -0.25) is 0 Å². The minimum absolute atomic E-state index is 0.908. The molecule has 0 N–H and O–H groups in total. The lowest BCUT2D eigenvalue weighted by molar-refractivity contribution is 0.460. The molecule has 2 fully saturated rings. The SMILES string of the molecule is CC1CCCC1/C=C/CC1CCCCCC1. The molecule has 0 saturated heterocycles. The molecule has 0 radical (unpaired) electrons. The first-order chi connectivity index (χ1) is 7.86. The molecule has 0 aliphatic heterocycles. The molecule has 92 valence electrons. The van der Waals surface area contributed by atoms with Gasteiger partial charge in [-0.25, -0.2) is 0 Å². The van der Waals surface area contributed by atoms with Crippen molar-refractivity contribution in [2.45, 2.75) is 71.1 Å². The molecule has 0 amide bonds. The van der Waals surface area contributed by atoms with Gasteiger partial charge < -0.3 is 0 Å². The van der Waals surface area contributed by atoms with Gasteiger partial charge >= 0.3 is 0 Å². The smallest absolute Gasteiger partial charge is 0.0208 e. The predicted molar refractivity (Wildman–Crippen MR) is 71.5 cm³/mol. The zero-order valence-corrected chi connectivity index (χ0v) is 11.0. The highest BCUT2D eigenvalue weighted by atomic mass is 14.3. The Morgan fingerprint density at radius 1 is 0.875 bits per heavy atom. The lowest BCUT2D eigenvalue weighted by atomic mass is 9.93. The van der Waals surface area contributed by atoms with Crippen LogP contribution in [0.25, 0.3) is 0 Å². The molecule has 2 unspecified atom stereocenters. The number of allylic oxidation sites excluding steroid dienone is 2. The Kier molecular flexibility index (Phi) is 4.93. The van der Waals surface area contributed by atoms with Crippen molar-refractivity contribution in [3.63, 3.8) is 0 Å². The van der Waals surface area contributed by atoms with Gasteiger partial charge in [-0.1, -0.05) is 70.4 Å². The zero-order chi connectivity index (χ0) is 11.2. The highest BCUT2D eigenvalue weighted by Crippen LogP contribution is 2.32. The fraction of sp³-hybridized carbons (Fsp3) is 0.875. The van der Waals surface area contributed by atoms with Crippen LogP contribution < -0.4 is 0 Å². The fourth-order valence-corrected chi connectivity index (χ4v) is 3.51. The third kappa shape index (κ3) is 3.64. The van der Waals surface area contributed by atoms with Crippen molar-refractivity contribution in [1.29, 1.82) is 0 Å². The summed E-state index contributed by atoms with van der Waals surface area (Å²) in [4.78, 5) is 0. The molecule has 2 atom stereocenters. The summed E-state index contributed by atoms with van der Waals surface area (Å²) in [5, 5.41) is 0. The first-order valence-electron chi connectivity index (χ1n) is 7.53. The van der Waals surface area contributed by atoms with Crippen LogP contribution in [0.4, 0.5) is 0 Å². The highest BCUT2D eigenvalue weighted by molar-refractivity contribution is 4.94. The van der Waals surface area contributed by atoms with E-state index in [0.717, 1.165) is 17.8 Å². The van der Waals surface area contributed by atoms with E-state index in [1.165, 1.54) is 64.2 Å². The Labute approximate surface area is 102 Å². The van der Waals surface area contributed by atoms with Gasteiger partial charge in [0.15, 0.2) is 0 Å². The number of rotatable bonds is 3. The van der Waals surface area contributed by atoms with E-state index in [2.05, 4.69) is 19.1 Å². The molecule has 0 aromatic carbocycles. The molecule has 0 spiro atoms. The van der Waals surface area contributed by atoms with E-state index in [1.807, 2.05) is 0 Å². The van der Waals surface area contributed by atoms with Crippen molar-refractivity contribution in [3.8, 4) is 0 Å². The van der Waals surface area contributed by atoms with E-state index in [4.69, 9.17) is 0 Å². The Hall–Kier alpha value is -0.260. The maximum absolute atomic E-state index is 2.54. The lowest BCUT2D eigenvalue weighted by Gasteiger charge is -2.12. The summed E-state index contributed by atoms with van der Waals surface area (Å²) in [6.07, 6.45) is 19.7. The first-order valence-corrected chi connectivity index (χ1v) is 7.53. The second-order valence-corrected chi connectivity index (χ2v) is 6.09. The molecule has 0 bridgehead atoms. The first kappa shape index (κ1) is 12.2. The molecule has 0 heteroatoms. The van der Waals surface area contributed by atoms with Gasteiger partial charge in [0.25, 0.3) is 0 Å². The average Bonchev–Trinajstić information content (AvgIpc) is 2.55. The van der Waals surface area contributed by atoms with Crippen molar-refractivity contribution >= 4 is 0 Å². The monoisotopic (exact) mass is 220 g/mol. The summed E-state index contributed by atoms with van der Waals surface area (Å²) in [7, 11) is 0. The molecule has 0 nitrogen and oxygen atoms in total. The van der Waals surface area contributed by atoms with Gasteiger partial charge in [0, 0.05) is 0 Å². The van der Waals surface area contributed by atoms with Crippen molar-refractivity contribution in [1.82, 2.24) is 0 Å². The third-order valence-corrected chi connectivity index (χ3v) is 4.76. The minimum atomic E-state index is 0.908. The van der Waals surface area contributed by atoms with E-state index < -0.39 is 0 Å². The molecular formula is C16H28. The lowest BCUT2D eigenvalue weighted by Crippen LogP contribution is -2.00. The van der Waals surface area contributed by atoms with Crippen LogP contribution in [0, 0.1) is 17.8 Å². The van der Waals surface area contributed by atoms with Gasteiger partial charge in [-0.05, 0) is 30.6 Å². The molecule has 0 heterocycles. The number of hydrogen-bond donors (Lipinski definition) is 0. The molecule has 2 rings (SSSR count). The zero-order valence-electron chi connectivity index (χ0n) is 11.0. The van der Waals surface area contributed by atoms with Crippen LogP contribution in [-0.4, -0.2) is 0 Å². The number of hydrogen-bond acceptors (Lipinski definition) is 0. The third-order valence-electron chi connectivity index (χ3n) is 4.76. The van der Waals surface area contributed by atoms with Crippen LogP contribution in [0.5, 0.6) is 0 Å². The summed E-state index contributed by atoms with van der Waals surface area (Å²) in [6.45, 7) is 2.42. The molecule has 0 aromatic heterocycles. The van der Waals surface area contributed by atoms with Crippen molar-refractivity contribution in [2.24, 2.45) is 17.8 Å². The van der Waals surface area contributed by atoms with Crippen LogP contribution in [0.1, 0.15) is 71.1 Å². The maximum atomic E-state index is 2.54. The normalized spacial score (nSPS) is 33.3. The summed E-state index contributed by atoms with van der Waals surface area (Å²) < 4.78 is 0. The molecule has 16 heavy (non-hydrogen) atoms.